The third-order valence-corrected chi connectivity index (χ3v) is 4.70. The van der Waals surface area contributed by atoms with Crippen LogP contribution in [0, 0.1) is 11.3 Å². The summed E-state index contributed by atoms with van der Waals surface area (Å²) in [6, 6.07) is 0. The number of carbonyl (C=O) groups excluding carboxylic acids is 1. The van der Waals surface area contributed by atoms with Crippen LogP contribution in [0.2, 0.25) is 0 Å². The third-order valence-electron chi connectivity index (χ3n) is 4.70. The van der Waals surface area contributed by atoms with E-state index in [2.05, 4.69) is 4.90 Å². The number of hydrogen-bond donors (Lipinski definition) is 1. The van der Waals surface area contributed by atoms with Crippen LogP contribution >= 0.6 is 0 Å². The molecule has 0 aromatic rings. The van der Waals surface area contributed by atoms with Crippen LogP contribution in [-0.2, 0) is 4.79 Å². The molecule has 1 saturated carbocycles. The van der Waals surface area contributed by atoms with Crippen LogP contribution in [0.3, 0.4) is 0 Å². The summed E-state index contributed by atoms with van der Waals surface area (Å²) >= 11 is 0. The van der Waals surface area contributed by atoms with E-state index in [0.29, 0.717) is 5.92 Å². The monoisotopic (exact) mass is 239 g/mol. The van der Waals surface area contributed by atoms with Crippen LogP contribution in [0.25, 0.3) is 0 Å². The number of hydrogen-bond acceptors (Lipinski definition) is 3. The van der Waals surface area contributed by atoms with E-state index in [9.17, 15) is 9.90 Å². The first-order valence-electron chi connectivity index (χ1n) is 7.02. The molecule has 1 unspecified atom stereocenters. The average Bonchev–Trinajstić information content (AvgIpc) is 2.79. The maximum atomic E-state index is 11.3. The van der Waals surface area contributed by atoms with Gasteiger partial charge >= 0.3 is 0 Å². The quantitative estimate of drug-likeness (QED) is 0.761. The normalized spacial score (nSPS) is 28.1. The predicted octanol–water partition coefficient (Wildman–Crippen LogP) is 1.84. The Kier molecular flexibility index (Phi) is 4.21. The Hall–Kier alpha value is -0.410. The zero-order valence-corrected chi connectivity index (χ0v) is 10.9. The minimum absolute atomic E-state index is 0.0440. The second kappa shape index (κ2) is 5.49. The summed E-state index contributed by atoms with van der Waals surface area (Å²) in [5, 5.41) is 9.57. The van der Waals surface area contributed by atoms with Gasteiger partial charge in [-0.1, -0.05) is 12.8 Å². The molecule has 0 bridgehead atoms. The number of carbonyl (C=O) groups is 1. The summed E-state index contributed by atoms with van der Waals surface area (Å²) in [6.45, 7) is 4.93. The van der Waals surface area contributed by atoms with Gasteiger partial charge in [-0.05, 0) is 51.6 Å². The molecule has 0 aromatic heterocycles. The lowest BCUT2D eigenvalue weighted by atomic mass is 9.85. The van der Waals surface area contributed by atoms with E-state index in [0.717, 1.165) is 45.3 Å². The molecule has 3 nitrogen and oxygen atoms in total. The molecule has 0 spiro atoms. The summed E-state index contributed by atoms with van der Waals surface area (Å²) in [7, 11) is 0. The fraction of sp³-hybridized carbons (Fsp3) is 0.929. The maximum absolute atomic E-state index is 11.3. The lowest BCUT2D eigenvalue weighted by Crippen LogP contribution is -2.43. The van der Waals surface area contributed by atoms with Crippen molar-refractivity contribution >= 4 is 6.29 Å². The van der Waals surface area contributed by atoms with Gasteiger partial charge in [0.05, 0.1) is 6.10 Å². The summed E-state index contributed by atoms with van der Waals surface area (Å²) in [4.78, 5) is 13.7. The first-order chi connectivity index (χ1) is 8.15. The second-order valence-electron chi connectivity index (χ2n) is 6.04. The molecular formula is C14H25NO2. The van der Waals surface area contributed by atoms with Crippen molar-refractivity contribution in [2.45, 2.75) is 51.6 Å². The van der Waals surface area contributed by atoms with E-state index in [1.807, 2.05) is 6.92 Å². The first-order valence-corrected chi connectivity index (χ1v) is 7.02. The molecule has 1 aliphatic heterocycles. The van der Waals surface area contributed by atoms with Crippen molar-refractivity contribution < 1.29 is 9.90 Å². The standard InChI is InChI=1S/C14H25NO2/c1-12(17)13-4-8-15(9-5-13)10-14(11-16)6-2-3-7-14/h11-13,17H,2-10H2,1H3. The van der Waals surface area contributed by atoms with Crippen LogP contribution in [-0.4, -0.2) is 42.0 Å². The molecule has 0 amide bonds. The number of piperidine rings is 1. The fourth-order valence-corrected chi connectivity index (χ4v) is 3.43. The van der Waals surface area contributed by atoms with Crippen LogP contribution in [0.5, 0.6) is 0 Å². The van der Waals surface area contributed by atoms with E-state index in [-0.39, 0.29) is 11.5 Å². The zero-order valence-electron chi connectivity index (χ0n) is 10.9. The molecule has 1 N–H and O–H groups in total. The number of aliphatic hydroxyl groups is 1. The van der Waals surface area contributed by atoms with Crippen LogP contribution < -0.4 is 0 Å². The van der Waals surface area contributed by atoms with E-state index in [4.69, 9.17) is 0 Å². The van der Waals surface area contributed by atoms with E-state index >= 15 is 0 Å². The SMILES string of the molecule is CC(O)C1CCN(CC2(C=O)CCCC2)CC1. The highest BCUT2D eigenvalue weighted by molar-refractivity contribution is 5.60. The van der Waals surface area contributed by atoms with Gasteiger partial charge in [-0.2, -0.15) is 0 Å². The molecule has 2 fully saturated rings. The molecule has 3 heteroatoms. The molecule has 0 radical (unpaired) electrons. The Balaban J connectivity index is 1.83. The zero-order chi connectivity index (χ0) is 12.3. The molecular weight excluding hydrogens is 214 g/mol. The number of likely N-dealkylation sites (tertiary alicyclic amines) is 1. The average molecular weight is 239 g/mol. The lowest BCUT2D eigenvalue weighted by molar-refractivity contribution is -0.117. The predicted molar refractivity (Wildman–Crippen MR) is 67.8 cm³/mol. The van der Waals surface area contributed by atoms with Gasteiger partial charge in [-0.15, -0.1) is 0 Å². The second-order valence-corrected chi connectivity index (χ2v) is 6.04. The van der Waals surface area contributed by atoms with Crippen molar-refractivity contribution in [2.75, 3.05) is 19.6 Å². The Morgan fingerprint density at radius 2 is 1.94 bits per heavy atom. The van der Waals surface area contributed by atoms with Crippen molar-refractivity contribution in [1.29, 1.82) is 0 Å². The molecule has 1 atom stereocenters. The summed E-state index contributed by atoms with van der Waals surface area (Å²) in [6.07, 6.45) is 7.76. The Labute approximate surface area is 104 Å². The van der Waals surface area contributed by atoms with Gasteiger partial charge in [-0.3, -0.25) is 0 Å². The smallest absolute Gasteiger partial charge is 0.127 e. The highest BCUT2D eigenvalue weighted by Crippen LogP contribution is 2.37. The first kappa shape index (κ1) is 13.0. The molecule has 2 aliphatic rings. The summed E-state index contributed by atoms with van der Waals surface area (Å²) < 4.78 is 0. The number of aliphatic hydroxyl groups excluding tert-OH is 1. The van der Waals surface area contributed by atoms with Gasteiger partial charge in [0, 0.05) is 12.0 Å². The van der Waals surface area contributed by atoms with Gasteiger partial charge in [0.15, 0.2) is 0 Å². The maximum Gasteiger partial charge on any atom is 0.127 e. The van der Waals surface area contributed by atoms with Gasteiger partial charge < -0.3 is 14.8 Å². The van der Waals surface area contributed by atoms with Gasteiger partial charge in [0.2, 0.25) is 0 Å². The van der Waals surface area contributed by atoms with E-state index < -0.39 is 0 Å². The molecule has 1 aliphatic carbocycles. The van der Waals surface area contributed by atoms with Crippen molar-refractivity contribution in [2.24, 2.45) is 11.3 Å². The highest BCUT2D eigenvalue weighted by atomic mass is 16.3. The van der Waals surface area contributed by atoms with Crippen LogP contribution in [0.15, 0.2) is 0 Å². The lowest BCUT2D eigenvalue weighted by Gasteiger charge is -2.37. The largest absolute Gasteiger partial charge is 0.393 e. The molecule has 1 saturated heterocycles. The summed E-state index contributed by atoms with van der Waals surface area (Å²) in [5.41, 5.74) is -0.0440. The Bertz CT molecular complexity index is 251. The molecule has 17 heavy (non-hydrogen) atoms. The van der Waals surface area contributed by atoms with Gasteiger partial charge in [0.1, 0.15) is 6.29 Å². The molecule has 2 rings (SSSR count). The molecule has 0 aromatic carbocycles. The Morgan fingerprint density at radius 1 is 1.35 bits per heavy atom. The van der Waals surface area contributed by atoms with Gasteiger partial charge in [0.25, 0.3) is 0 Å². The fourth-order valence-electron chi connectivity index (χ4n) is 3.43. The van der Waals surface area contributed by atoms with Crippen molar-refractivity contribution in [3.63, 3.8) is 0 Å². The van der Waals surface area contributed by atoms with E-state index in [1.165, 1.54) is 19.1 Å². The number of nitrogens with zero attached hydrogens (tertiary/aromatic N) is 1. The highest BCUT2D eigenvalue weighted by Gasteiger charge is 2.36. The molecule has 98 valence electrons. The Morgan fingerprint density at radius 3 is 2.41 bits per heavy atom. The summed E-state index contributed by atoms with van der Waals surface area (Å²) in [5.74, 6) is 0.460. The molecule has 1 heterocycles. The van der Waals surface area contributed by atoms with Crippen LogP contribution in [0.4, 0.5) is 0 Å². The van der Waals surface area contributed by atoms with Crippen molar-refractivity contribution in [1.82, 2.24) is 4.90 Å². The number of aldehydes is 1. The van der Waals surface area contributed by atoms with Crippen LogP contribution in [0.1, 0.15) is 45.4 Å². The number of rotatable bonds is 4. The third kappa shape index (κ3) is 3.08. The minimum Gasteiger partial charge on any atom is -0.393 e. The minimum atomic E-state index is -0.177. The van der Waals surface area contributed by atoms with E-state index in [1.54, 1.807) is 0 Å². The van der Waals surface area contributed by atoms with Crippen molar-refractivity contribution in [3.8, 4) is 0 Å². The van der Waals surface area contributed by atoms with Crippen molar-refractivity contribution in [3.05, 3.63) is 0 Å². The topological polar surface area (TPSA) is 40.5 Å². The van der Waals surface area contributed by atoms with Gasteiger partial charge in [-0.25, -0.2) is 0 Å².